The molecule has 33 heavy (non-hydrogen) atoms. The molecule has 1 aromatic heterocycles. The number of thioether (sulfide) groups is 1. The Morgan fingerprint density at radius 1 is 0.970 bits per heavy atom. The molecule has 4 rings (SSSR count). The van der Waals surface area contributed by atoms with E-state index in [2.05, 4.69) is 10.2 Å². The van der Waals surface area contributed by atoms with E-state index in [1.807, 2.05) is 61.5 Å². The first-order valence-corrected chi connectivity index (χ1v) is 11.3. The second-order valence-corrected chi connectivity index (χ2v) is 8.07. The van der Waals surface area contributed by atoms with Crippen LogP contribution in [0.15, 0.2) is 84.0 Å². The van der Waals surface area contributed by atoms with Crippen LogP contribution >= 0.6 is 11.8 Å². The normalized spacial score (nSPS) is 10.7. The van der Waals surface area contributed by atoms with Crippen molar-refractivity contribution in [3.8, 4) is 22.8 Å². The number of ether oxygens (including phenoxy) is 2. The van der Waals surface area contributed by atoms with E-state index in [9.17, 15) is 9.18 Å². The van der Waals surface area contributed by atoms with Crippen LogP contribution < -0.4 is 4.74 Å². The maximum atomic E-state index is 14.4. The average Bonchev–Trinajstić information content (AvgIpc) is 3.25. The quantitative estimate of drug-likeness (QED) is 0.196. The standard InChI is InChI=1S/C25H22FN3O3S/c1-18-8-7-11-20(16-18)31-14-15-32-23(30)17-33-25-28-27-24(21-12-5-6-13-22(21)26)29(25)19-9-3-2-4-10-19/h2-13,16H,14-15,17H2,1H3. The fourth-order valence-corrected chi connectivity index (χ4v) is 3.93. The van der Waals surface area contributed by atoms with E-state index in [0.29, 0.717) is 16.5 Å². The van der Waals surface area contributed by atoms with Gasteiger partial charge in [-0.05, 0) is 48.9 Å². The fraction of sp³-hybridized carbons (Fsp3) is 0.160. The zero-order chi connectivity index (χ0) is 23.0. The number of hydrogen-bond acceptors (Lipinski definition) is 6. The molecule has 6 nitrogen and oxygen atoms in total. The van der Waals surface area contributed by atoms with Crippen molar-refractivity contribution in [1.82, 2.24) is 14.8 Å². The number of halogens is 1. The number of aromatic nitrogens is 3. The van der Waals surface area contributed by atoms with Crippen molar-refractivity contribution in [3.05, 3.63) is 90.2 Å². The van der Waals surface area contributed by atoms with E-state index in [4.69, 9.17) is 9.47 Å². The lowest BCUT2D eigenvalue weighted by atomic mass is 10.2. The highest BCUT2D eigenvalue weighted by atomic mass is 32.2. The van der Waals surface area contributed by atoms with Crippen LogP contribution in [0.25, 0.3) is 17.1 Å². The Labute approximate surface area is 195 Å². The molecule has 0 aliphatic rings. The van der Waals surface area contributed by atoms with Crippen LogP contribution in [0.5, 0.6) is 5.75 Å². The largest absolute Gasteiger partial charge is 0.490 e. The van der Waals surface area contributed by atoms with Crippen LogP contribution in [0.1, 0.15) is 5.56 Å². The predicted molar refractivity (Wildman–Crippen MR) is 125 cm³/mol. The van der Waals surface area contributed by atoms with E-state index in [0.717, 1.165) is 17.0 Å². The molecule has 0 aliphatic carbocycles. The second kappa shape index (κ2) is 10.8. The van der Waals surface area contributed by atoms with Gasteiger partial charge in [0.15, 0.2) is 11.0 Å². The third kappa shape index (κ3) is 5.78. The first-order chi connectivity index (χ1) is 16.1. The number of carbonyl (C=O) groups is 1. The van der Waals surface area contributed by atoms with Gasteiger partial charge in [-0.1, -0.05) is 54.2 Å². The first kappa shape index (κ1) is 22.5. The van der Waals surface area contributed by atoms with Crippen molar-refractivity contribution in [2.45, 2.75) is 12.1 Å². The summed E-state index contributed by atoms with van der Waals surface area (Å²) >= 11 is 1.18. The molecule has 0 bridgehead atoms. The second-order valence-electron chi connectivity index (χ2n) is 7.13. The number of rotatable bonds is 9. The topological polar surface area (TPSA) is 66.2 Å². The van der Waals surface area contributed by atoms with Crippen molar-refractivity contribution in [2.24, 2.45) is 0 Å². The van der Waals surface area contributed by atoms with Crippen LogP contribution in [0.4, 0.5) is 4.39 Å². The first-order valence-electron chi connectivity index (χ1n) is 10.4. The van der Waals surface area contributed by atoms with Gasteiger partial charge in [0.05, 0.1) is 11.3 Å². The minimum atomic E-state index is -0.400. The average molecular weight is 464 g/mol. The van der Waals surface area contributed by atoms with Gasteiger partial charge in [-0.25, -0.2) is 4.39 Å². The zero-order valence-electron chi connectivity index (χ0n) is 18.0. The maximum Gasteiger partial charge on any atom is 0.316 e. The number of para-hydroxylation sites is 1. The van der Waals surface area contributed by atoms with Gasteiger partial charge in [0.2, 0.25) is 0 Å². The summed E-state index contributed by atoms with van der Waals surface area (Å²) in [7, 11) is 0. The molecule has 3 aromatic carbocycles. The molecule has 0 amide bonds. The number of hydrogen-bond donors (Lipinski definition) is 0. The molecule has 0 atom stereocenters. The van der Waals surface area contributed by atoms with Crippen molar-refractivity contribution >= 4 is 17.7 Å². The Bertz CT molecular complexity index is 1230. The predicted octanol–water partition coefficient (Wildman–Crippen LogP) is 5.10. The molecule has 0 unspecified atom stereocenters. The summed E-state index contributed by atoms with van der Waals surface area (Å²) < 4.78 is 27.0. The molecule has 0 radical (unpaired) electrons. The van der Waals surface area contributed by atoms with Gasteiger partial charge in [0, 0.05) is 5.69 Å². The van der Waals surface area contributed by atoms with Gasteiger partial charge in [0.25, 0.3) is 0 Å². The number of benzene rings is 3. The van der Waals surface area contributed by atoms with Crippen LogP contribution in [-0.2, 0) is 9.53 Å². The summed E-state index contributed by atoms with van der Waals surface area (Å²) in [6.45, 7) is 2.38. The van der Waals surface area contributed by atoms with Gasteiger partial charge >= 0.3 is 5.97 Å². The molecule has 4 aromatic rings. The van der Waals surface area contributed by atoms with Gasteiger partial charge in [-0.3, -0.25) is 9.36 Å². The summed E-state index contributed by atoms with van der Waals surface area (Å²) in [5.74, 6) is 0.334. The van der Waals surface area contributed by atoms with Crippen molar-refractivity contribution < 1.29 is 18.7 Å². The van der Waals surface area contributed by atoms with E-state index < -0.39 is 11.8 Å². The minimum absolute atomic E-state index is 0.0344. The van der Waals surface area contributed by atoms with Crippen LogP contribution in [-0.4, -0.2) is 39.7 Å². The highest BCUT2D eigenvalue weighted by Crippen LogP contribution is 2.29. The number of nitrogens with zero attached hydrogens (tertiary/aromatic N) is 3. The Balaban J connectivity index is 1.40. The molecule has 0 N–H and O–H groups in total. The molecule has 0 spiro atoms. The molecular weight excluding hydrogens is 441 g/mol. The minimum Gasteiger partial charge on any atom is -0.490 e. The van der Waals surface area contributed by atoms with E-state index >= 15 is 0 Å². The lowest BCUT2D eigenvalue weighted by Gasteiger charge is -2.11. The third-order valence-corrected chi connectivity index (χ3v) is 5.59. The van der Waals surface area contributed by atoms with E-state index in [1.54, 1.807) is 22.8 Å². The highest BCUT2D eigenvalue weighted by Gasteiger charge is 2.19. The molecule has 0 aliphatic heterocycles. The Morgan fingerprint density at radius 3 is 2.55 bits per heavy atom. The highest BCUT2D eigenvalue weighted by molar-refractivity contribution is 7.99. The summed E-state index contributed by atoms with van der Waals surface area (Å²) in [4.78, 5) is 12.2. The molecule has 8 heteroatoms. The SMILES string of the molecule is Cc1cccc(OCCOC(=O)CSc2nnc(-c3ccccc3F)n2-c2ccccc2)c1. The molecule has 168 valence electrons. The number of aryl methyl sites for hydroxylation is 1. The molecular formula is C25H22FN3O3S. The van der Waals surface area contributed by atoms with E-state index in [-0.39, 0.29) is 19.0 Å². The summed E-state index contributed by atoms with van der Waals surface area (Å²) in [6.07, 6.45) is 0. The third-order valence-electron chi connectivity index (χ3n) is 4.69. The van der Waals surface area contributed by atoms with Gasteiger partial charge in [-0.2, -0.15) is 0 Å². The lowest BCUT2D eigenvalue weighted by molar-refractivity contribution is -0.141. The summed E-state index contributed by atoms with van der Waals surface area (Å²) in [6, 6.07) is 23.4. The monoisotopic (exact) mass is 463 g/mol. The molecule has 0 saturated heterocycles. The summed E-state index contributed by atoms with van der Waals surface area (Å²) in [5, 5.41) is 8.87. The van der Waals surface area contributed by atoms with Gasteiger partial charge in [0.1, 0.15) is 24.8 Å². The van der Waals surface area contributed by atoms with Crippen LogP contribution in [0, 0.1) is 12.7 Å². The number of esters is 1. The van der Waals surface area contributed by atoms with Gasteiger partial charge < -0.3 is 9.47 Å². The maximum absolute atomic E-state index is 14.4. The van der Waals surface area contributed by atoms with E-state index in [1.165, 1.54) is 17.8 Å². The zero-order valence-corrected chi connectivity index (χ0v) is 18.8. The summed E-state index contributed by atoms with van der Waals surface area (Å²) in [5.41, 5.74) is 2.19. The molecule has 0 saturated carbocycles. The van der Waals surface area contributed by atoms with Crippen molar-refractivity contribution in [1.29, 1.82) is 0 Å². The van der Waals surface area contributed by atoms with Crippen molar-refractivity contribution in [2.75, 3.05) is 19.0 Å². The smallest absolute Gasteiger partial charge is 0.316 e. The Morgan fingerprint density at radius 2 is 1.76 bits per heavy atom. The molecule has 0 fully saturated rings. The van der Waals surface area contributed by atoms with Crippen LogP contribution in [0.3, 0.4) is 0 Å². The van der Waals surface area contributed by atoms with Gasteiger partial charge in [-0.15, -0.1) is 10.2 Å². The lowest BCUT2D eigenvalue weighted by Crippen LogP contribution is -2.14. The Kier molecular flexibility index (Phi) is 7.36. The number of carbonyl (C=O) groups excluding carboxylic acids is 1. The fourth-order valence-electron chi connectivity index (χ4n) is 3.18. The van der Waals surface area contributed by atoms with Crippen molar-refractivity contribution in [3.63, 3.8) is 0 Å². The Hall–Kier alpha value is -3.65. The van der Waals surface area contributed by atoms with Crippen LogP contribution in [0.2, 0.25) is 0 Å². The molecule has 1 heterocycles.